The van der Waals surface area contributed by atoms with Crippen molar-refractivity contribution < 1.29 is 4.79 Å². The topological polar surface area (TPSA) is 58.1 Å². The molecule has 1 saturated heterocycles. The summed E-state index contributed by atoms with van der Waals surface area (Å²) < 4.78 is 0. The van der Waals surface area contributed by atoms with Crippen molar-refractivity contribution in [2.75, 3.05) is 23.3 Å². The van der Waals surface area contributed by atoms with E-state index < -0.39 is 0 Å². The van der Waals surface area contributed by atoms with E-state index in [2.05, 4.69) is 33.4 Å². The second-order valence-corrected chi connectivity index (χ2v) is 7.40. The SMILES string of the molecule is CCc1ccccc1NC(=O)C1CCN(c2ccc(-c3ccccc3)nn2)CC1. The number of nitrogens with zero attached hydrogens (tertiary/aromatic N) is 3. The molecule has 1 aliphatic heterocycles. The van der Waals surface area contributed by atoms with Crippen LogP contribution in [-0.2, 0) is 11.2 Å². The molecule has 1 fully saturated rings. The fraction of sp³-hybridized carbons (Fsp3) is 0.292. The van der Waals surface area contributed by atoms with Crippen molar-refractivity contribution in [1.82, 2.24) is 10.2 Å². The molecule has 0 atom stereocenters. The number of para-hydroxylation sites is 1. The molecular formula is C24H26N4O. The maximum absolute atomic E-state index is 12.7. The molecule has 1 amide bonds. The van der Waals surface area contributed by atoms with Gasteiger partial charge >= 0.3 is 0 Å². The van der Waals surface area contributed by atoms with E-state index in [1.807, 2.05) is 60.7 Å². The number of hydrogen-bond acceptors (Lipinski definition) is 4. The molecule has 1 N–H and O–H groups in total. The highest BCUT2D eigenvalue weighted by Crippen LogP contribution is 2.25. The van der Waals surface area contributed by atoms with Crippen molar-refractivity contribution in [3.63, 3.8) is 0 Å². The zero-order valence-corrected chi connectivity index (χ0v) is 16.7. The third kappa shape index (κ3) is 4.45. The number of aryl methyl sites for hydroxylation is 1. The minimum absolute atomic E-state index is 0.0349. The molecule has 0 spiro atoms. The van der Waals surface area contributed by atoms with Crippen LogP contribution in [0.3, 0.4) is 0 Å². The number of amides is 1. The van der Waals surface area contributed by atoms with Crippen LogP contribution in [-0.4, -0.2) is 29.2 Å². The average Bonchev–Trinajstić information content (AvgIpc) is 2.80. The van der Waals surface area contributed by atoms with E-state index in [0.717, 1.165) is 55.1 Å². The van der Waals surface area contributed by atoms with Crippen LogP contribution < -0.4 is 10.2 Å². The number of piperidine rings is 1. The number of anilines is 2. The summed E-state index contributed by atoms with van der Waals surface area (Å²) >= 11 is 0. The number of benzene rings is 2. The Labute approximate surface area is 171 Å². The number of hydrogen-bond donors (Lipinski definition) is 1. The van der Waals surface area contributed by atoms with Crippen molar-refractivity contribution in [1.29, 1.82) is 0 Å². The van der Waals surface area contributed by atoms with E-state index in [4.69, 9.17) is 0 Å². The minimum atomic E-state index is 0.0349. The van der Waals surface area contributed by atoms with E-state index in [0.29, 0.717) is 0 Å². The largest absolute Gasteiger partial charge is 0.355 e. The molecule has 148 valence electrons. The van der Waals surface area contributed by atoms with Gasteiger partial charge in [0, 0.05) is 30.3 Å². The molecule has 2 heterocycles. The first-order valence-corrected chi connectivity index (χ1v) is 10.3. The molecule has 1 aromatic heterocycles. The molecule has 5 nitrogen and oxygen atoms in total. The molecule has 1 aliphatic rings. The third-order valence-corrected chi connectivity index (χ3v) is 5.57. The summed E-state index contributed by atoms with van der Waals surface area (Å²) in [5, 5.41) is 11.9. The van der Waals surface area contributed by atoms with Gasteiger partial charge in [-0.1, -0.05) is 55.5 Å². The maximum atomic E-state index is 12.7. The number of aromatic nitrogens is 2. The van der Waals surface area contributed by atoms with Gasteiger partial charge in [0.05, 0.1) is 5.69 Å². The van der Waals surface area contributed by atoms with Gasteiger partial charge in [0.15, 0.2) is 5.82 Å². The van der Waals surface area contributed by atoms with Crippen LogP contribution >= 0.6 is 0 Å². The molecule has 0 aliphatic carbocycles. The van der Waals surface area contributed by atoms with E-state index in [1.54, 1.807) is 0 Å². The molecule has 0 bridgehead atoms. The van der Waals surface area contributed by atoms with Crippen molar-refractivity contribution in [2.45, 2.75) is 26.2 Å². The third-order valence-electron chi connectivity index (χ3n) is 5.57. The predicted octanol–water partition coefficient (Wildman–Crippen LogP) is 4.56. The second-order valence-electron chi connectivity index (χ2n) is 7.40. The molecular weight excluding hydrogens is 360 g/mol. The molecule has 2 aromatic carbocycles. The summed E-state index contributed by atoms with van der Waals surface area (Å²) in [4.78, 5) is 14.9. The van der Waals surface area contributed by atoms with Gasteiger partial charge in [-0.3, -0.25) is 4.79 Å². The minimum Gasteiger partial charge on any atom is -0.355 e. The molecule has 29 heavy (non-hydrogen) atoms. The van der Waals surface area contributed by atoms with Crippen LogP contribution in [0.2, 0.25) is 0 Å². The van der Waals surface area contributed by atoms with E-state index >= 15 is 0 Å². The Kier molecular flexibility index (Phi) is 5.84. The smallest absolute Gasteiger partial charge is 0.227 e. The summed E-state index contributed by atoms with van der Waals surface area (Å²) in [5.41, 5.74) is 4.05. The van der Waals surface area contributed by atoms with Crippen LogP contribution in [0.4, 0.5) is 11.5 Å². The second kappa shape index (κ2) is 8.86. The van der Waals surface area contributed by atoms with Crippen molar-refractivity contribution in [3.05, 3.63) is 72.3 Å². The van der Waals surface area contributed by atoms with Gasteiger partial charge in [-0.25, -0.2) is 0 Å². The lowest BCUT2D eigenvalue weighted by molar-refractivity contribution is -0.120. The molecule has 0 unspecified atom stereocenters. The summed E-state index contributed by atoms with van der Waals surface area (Å²) in [5.74, 6) is 1.03. The van der Waals surface area contributed by atoms with Gasteiger partial charge in [0.25, 0.3) is 0 Å². The highest BCUT2D eigenvalue weighted by molar-refractivity contribution is 5.93. The molecule has 4 rings (SSSR count). The monoisotopic (exact) mass is 386 g/mol. The van der Waals surface area contributed by atoms with Crippen molar-refractivity contribution in [2.24, 2.45) is 5.92 Å². The molecule has 0 radical (unpaired) electrons. The first kappa shape index (κ1) is 19.1. The zero-order chi connectivity index (χ0) is 20.1. The summed E-state index contributed by atoms with van der Waals surface area (Å²) in [6.07, 6.45) is 2.55. The van der Waals surface area contributed by atoms with Crippen molar-refractivity contribution in [3.8, 4) is 11.3 Å². The lowest BCUT2D eigenvalue weighted by atomic mass is 9.95. The van der Waals surface area contributed by atoms with E-state index in [9.17, 15) is 4.79 Å². The molecule has 0 saturated carbocycles. The standard InChI is InChI=1S/C24H26N4O/c1-2-18-8-6-7-11-21(18)25-24(29)20-14-16-28(17-15-20)23-13-12-22(26-27-23)19-9-4-3-5-10-19/h3-13,20H,2,14-17H2,1H3,(H,25,29). The number of carbonyl (C=O) groups is 1. The Morgan fingerprint density at radius 1 is 0.966 bits per heavy atom. The number of rotatable bonds is 5. The predicted molar refractivity (Wildman–Crippen MR) is 117 cm³/mol. The summed E-state index contributed by atoms with van der Waals surface area (Å²) in [6, 6.07) is 22.1. The fourth-order valence-corrected chi connectivity index (χ4v) is 3.81. The fourth-order valence-electron chi connectivity index (χ4n) is 3.81. The Morgan fingerprint density at radius 2 is 1.69 bits per heavy atom. The van der Waals surface area contributed by atoms with E-state index in [1.165, 1.54) is 5.56 Å². The Bertz CT molecular complexity index is 948. The van der Waals surface area contributed by atoms with Gasteiger partial charge in [-0.05, 0) is 43.0 Å². The van der Waals surface area contributed by atoms with Crippen LogP contribution in [0.25, 0.3) is 11.3 Å². The van der Waals surface area contributed by atoms with Crippen LogP contribution in [0.15, 0.2) is 66.7 Å². The highest BCUT2D eigenvalue weighted by atomic mass is 16.1. The van der Waals surface area contributed by atoms with Gasteiger partial charge < -0.3 is 10.2 Å². The quantitative estimate of drug-likeness (QED) is 0.698. The first-order valence-electron chi connectivity index (χ1n) is 10.3. The van der Waals surface area contributed by atoms with Gasteiger partial charge in [-0.2, -0.15) is 0 Å². The summed E-state index contributed by atoms with van der Waals surface area (Å²) in [7, 11) is 0. The van der Waals surface area contributed by atoms with E-state index in [-0.39, 0.29) is 11.8 Å². The Hall–Kier alpha value is -3.21. The van der Waals surface area contributed by atoms with Crippen molar-refractivity contribution >= 4 is 17.4 Å². The van der Waals surface area contributed by atoms with Crippen LogP contribution in [0.1, 0.15) is 25.3 Å². The normalized spacial score (nSPS) is 14.6. The molecule has 5 heteroatoms. The average molecular weight is 386 g/mol. The van der Waals surface area contributed by atoms with Crippen LogP contribution in [0, 0.1) is 5.92 Å². The highest BCUT2D eigenvalue weighted by Gasteiger charge is 2.26. The lowest BCUT2D eigenvalue weighted by Crippen LogP contribution is -2.38. The maximum Gasteiger partial charge on any atom is 0.227 e. The van der Waals surface area contributed by atoms with Gasteiger partial charge in [0.2, 0.25) is 5.91 Å². The lowest BCUT2D eigenvalue weighted by Gasteiger charge is -2.32. The zero-order valence-electron chi connectivity index (χ0n) is 16.7. The first-order chi connectivity index (χ1) is 14.2. The Balaban J connectivity index is 1.35. The van der Waals surface area contributed by atoms with Gasteiger partial charge in [0.1, 0.15) is 0 Å². The van der Waals surface area contributed by atoms with Crippen LogP contribution in [0.5, 0.6) is 0 Å². The number of carbonyl (C=O) groups excluding carboxylic acids is 1. The molecule has 3 aromatic rings. The summed E-state index contributed by atoms with van der Waals surface area (Å²) in [6.45, 7) is 3.73. The number of nitrogens with one attached hydrogen (secondary N) is 1. The van der Waals surface area contributed by atoms with Gasteiger partial charge in [-0.15, -0.1) is 10.2 Å². The Morgan fingerprint density at radius 3 is 2.38 bits per heavy atom.